The minimum atomic E-state index is -0.581. The molecule has 0 radical (unpaired) electrons. The molecule has 1 aliphatic rings. The quantitative estimate of drug-likeness (QED) is 0.579. The lowest BCUT2D eigenvalue weighted by molar-refractivity contribution is -0.119. The van der Waals surface area contributed by atoms with Crippen LogP contribution in [0, 0.1) is 5.92 Å². The van der Waals surface area contributed by atoms with E-state index in [2.05, 4.69) is 10.3 Å². The number of anilines is 1. The van der Waals surface area contributed by atoms with Crippen LogP contribution >= 0.6 is 11.3 Å². The van der Waals surface area contributed by atoms with Gasteiger partial charge in [-0.2, -0.15) is 0 Å². The predicted octanol–water partition coefficient (Wildman–Crippen LogP) is 5.40. The summed E-state index contributed by atoms with van der Waals surface area (Å²) in [5, 5.41) is 5.06. The molecule has 3 aromatic rings. The van der Waals surface area contributed by atoms with E-state index in [9.17, 15) is 9.59 Å². The number of benzene rings is 1. The number of rotatable bonds is 4. The van der Waals surface area contributed by atoms with Crippen LogP contribution in [0.1, 0.15) is 31.6 Å². The van der Waals surface area contributed by atoms with E-state index < -0.39 is 5.60 Å². The lowest BCUT2D eigenvalue weighted by Crippen LogP contribution is -2.36. The van der Waals surface area contributed by atoms with E-state index in [0.717, 1.165) is 21.7 Å². The fourth-order valence-corrected chi connectivity index (χ4v) is 4.77. The van der Waals surface area contributed by atoms with Gasteiger partial charge in [0, 0.05) is 47.5 Å². The van der Waals surface area contributed by atoms with Crippen LogP contribution in [-0.4, -0.2) is 40.6 Å². The lowest BCUT2D eigenvalue weighted by Gasteiger charge is -2.24. The zero-order valence-corrected chi connectivity index (χ0v) is 19.3. The Labute approximate surface area is 192 Å². The van der Waals surface area contributed by atoms with Gasteiger partial charge < -0.3 is 15.0 Å². The standard InChI is InChI=1S/C25H27N3O3S/c1-25(2,3)31-24(30)28-15-20(22-10-6-12-32-22)21(16-28)23(29)27-19-9-4-7-17(13-19)18-8-5-11-26-14-18/h4-14,20-21H,15-16H2,1-3H3,(H,27,29)/t20-,21-/m1/s1. The van der Waals surface area contributed by atoms with Gasteiger partial charge in [0.2, 0.25) is 5.91 Å². The molecule has 2 amide bonds. The van der Waals surface area contributed by atoms with Crippen LogP contribution in [0.15, 0.2) is 66.3 Å². The van der Waals surface area contributed by atoms with Crippen molar-refractivity contribution in [2.75, 3.05) is 18.4 Å². The van der Waals surface area contributed by atoms with Crippen LogP contribution in [0.5, 0.6) is 0 Å². The Morgan fingerprint density at radius 1 is 1.09 bits per heavy atom. The van der Waals surface area contributed by atoms with Gasteiger partial charge in [-0.15, -0.1) is 11.3 Å². The minimum absolute atomic E-state index is 0.0657. The molecule has 1 N–H and O–H groups in total. The minimum Gasteiger partial charge on any atom is -0.444 e. The number of carbonyl (C=O) groups is 2. The lowest BCUT2D eigenvalue weighted by atomic mass is 9.93. The number of likely N-dealkylation sites (tertiary alicyclic amines) is 1. The molecule has 0 bridgehead atoms. The van der Waals surface area contributed by atoms with Crippen LogP contribution in [0.25, 0.3) is 11.1 Å². The number of hydrogen-bond acceptors (Lipinski definition) is 5. The number of ether oxygens (including phenoxy) is 1. The van der Waals surface area contributed by atoms with Crippen LogP contribution in [0.4, 0.5) is 10.5 Å². The van der Waals surface area contributed by atoms with Gasteiger partial charge in [-0.25, -0.2) is 4.79 Å². The Hall–Kier alpha value is -3.19. The highest BCUT2D eigenvalue weighted by Crippen LogP contribution is 2.36. The van der Waals surface area contributed by atoms with Crippen molar-refractivity contribution < 1.29 is 14.3 Å². The highest BCUT2D eigenvalue weighted by molar-refractivity contribution is 7.10. The normalized spacial score (nSPS) is 18.4. The summed E-state index contributed by atoms with van der Waals surface area (Å²) < 4.78 is 5.55. The van der Waals surface area contributed by atoms with Gasteiger partial charge in [0.1, 0.15) is 5.60 Å². The van der Waals surface area contributed by atoms with Crippen LogP contribution < -0.4 is 5.32 Å². The number of aromatic nitrogens is 1. The Bertz CT molecular complexity index is 1080. The van der Waals surface area contributed by atoms with Gasteiger partial charge in [-0.1, -0.05) is 24.3 Å². The number of nitrogens with zero attached hydrogens (tertiary/aromatic N) is 2. The number of hydrogen-bond donors (Lipinski definition) is 1. The summed E-state index contributed by atoms with van der Waals surface area (Å²) in [6.07, 6.45) is 3.15. The molecule has 0 saturated carbocycles. The van der Waals surface area contributed by atoms with Gasteiger partial charge in [0.05, 0.1) is 5.92 Å². The summed E-state index contributed by atoms with van der Waals surface area (Å²) in [6.45, 7) is 6.32. The van der Waals surface area contributed by atoms with Crippen molar-refractivity contribution in [3.05, 3.63) is 71.2 Å². The topological polar surface area (TPSA) is 71.5 Å². The number of thiophene rings is 1. The van der Waals surface area contributed by atoms with E-state index in [4.69, 9.17) is 4.74 Å². The van der Waals surface area contributed by atoms with Gasteiger partial charge >= 0.3 is 6.09 Å². The first-order chi connectivity index (χ1) is 15.3. The highest BCUT2D eigenvalue weighted by Gasteiger charge is 2.42. The summed E-state index contributed by atoms with van der Waals surface area (Å²) in [5.41, 5.74) is 2.10. The molecular weight excluding hydrogens is 422 g/mol. The first kappa shape index (κ1) is 22.0. The predicted molar refractivity (Wildman–Crippen MR) is 127 cm³/mol. The van der Waals surface area contributed by atoms with E-state index in [-0.39, 0.29) is 23.8 Å². The molecule has 1 aliphatic heterocycles. The van der Waals surface area contributed by atoms with Crippen molar-refractivity contribution in [3.8, 4) is 11.1 Å². The average molecular weight is 450 g/mol. The molecule has 0 aliphatic carbocycles. The molecule has 32 heavy (non-hydrogen) atoms. The molecule has 2 aromatic heterocycles. The Balaban J connectivity index is 1.53. The van der Waals surface area contributed by atoms with E-state index in [1.54, 1.807) is 28.6 Å². The van der Waals surface area contributed by atoms with Crippen molar-refractivity contribution in [2.45, 2.75) is 32.3 Å². The van der Waals surface area contributed by atoms with Crippen molar-refractivity contribution in [2.24, 2.45) is 5.92 Å². The first-order valence-corrected chi connectivity index (χ1v) is 11.5. The van der Waals surface area contributed by atoms with E-state index in [1.165, 1.54) is 0 Å². The Morgan fingerprint density at radius 3 is 2.59 bits per heavy atom. The van der Waals surface area contributed by atoms with Crippen LogP contribution in [0.3, 0.4) is 0 Å². The maximum Gasteiger partial charge on any atom is 0.410 e. The molecule has 1 aromatic carbocycles. The molecule has 1 saturated heterocycles. The maximum absolute atomic E-state index is 13.3. The molecule has 7 heteroatoms. The van der Waals surface area contributed by atoms with E-state index in [1.807, 2.05) is 74.7 Å². The smallest absolute Gasteiger partial charge is 0.410 e. The third kappa shape index (κ3) is 5.16. The van der Waals surface area contributed by atoms with Crippen molar-refractivity contribution in [1.29, 1.82) is 0 Å². The molecule has 2 atom stereocenters. The largest absolute Gasteiger partial charge is 0.444 e. The summed E-state index contributed by atoms with van der Waals surface area (Å²) >= 11 is 1.61. The zero-order valence-electron chi connectivity index (χ0n) is 18.4. The second kappa shape index (κ2) is 9.12. The number of carbonyl (C=O) groups excluding carboxylic acids is 2. The van der Waals surface area contributed by atoms with Gasteiger partial charge in [0.25, 0.3) is 0 Å². The Kier molecular flexibility index (Phi) is 6.28. The monoisotopic (exact) mass is 449 g/mol. The number of pyridine rings is 1. The Morgan fingerprint density at radius 2 is 1.91 bits per heavy atom. The molecule has 0 unspecified atom stereocenters. The van der Waals surface area contributed by atoms with Gasteiger partial charge in [-0.3, -0.25) is 9.78 Å². The molecule has 6 nitrogen and oxygen atoms in total. The van der Waals surface area contributed by atoms with E-state index >= 15 is 0 Å². The second-order valence-corrected chi connectivity index (χ2v) is 9.90. The SMILES string of the molecule is CC(C)(C)OC(=O)N1C[C@@H](C(=O)Nc2cccc(-c3cccnc3)c2)[C@H](c2cccs2)C1. The number of amides is 2. The van der Waals surface area contributed by atoms with Crippen LogP contribution in [-0.2, 0) is 9.53 Å². The fourth-order valence-electron chi connectivity index (χ4n) is 3.88. The third-order valence-corrected chi connectivity index (χ3v) is 6.35. The van der Waals surface area contributed by atoms with E-state index in [0.29, 0.717) is 13.1 Å². The summed E-state index contributed by atoms with van der Waals surface area (Å²) in [7, 11) is 0. The molecule has 166 valence electrons. The summed E-state index contributed by atoms with van der Waals surface area (Å²) in [6, 6.07) is 15.6. The molecular formula is C25H27N3O3S. The maximum atomic E-state index is 13.3. The third-order valence-electron chi connectivity index (χ3n) is 5.34. The molecule has 3 heterocycles. The fraction of sp³-hybridized carbons (Fsp3) is 0.320. The molecule has 1 fully saturated rings. The van der Waals surface area contributed by atoms with Crippen LogP contribution in [0.2, 0.25) is 0 Å². The number of nitrogens with one attached hydrogen (secondary N) is 1. The summed E-state index contributed by atoms with van der Waals surface area (Å²) in [4.78, 5) is 32.9. The summed E-state index contributed by atoms with van der Waals surface area (Å²) in [5.74, 6) is -0.523. The van der Waals surface area contributed by atoms with Crippen molar-refractivity contribution >= 4 is 29.0 Å². The van der Waals surface area contributed by atoms with Gasteiger partial charge in [-0.05, 0) is 56.0 Å². The average Bonchev–Trinajstić information content (AvgIpc) is 3.43. The second-order valence-electron chi connectivity index (χ2n) is 8.93. The first-order valence-electron chi connectivity index (χ1n) is 10.6. The van der Waals surface area contributed by atoms with Crippen molar-refractivity contribution in [1.82, 2.24) is 9.88 Å². The van der Waals surface area contributed by atoms with Crippen molar-refractivity contribution in [3.63, 3.8) is 0 Å². The highest BCUT2D eigenvalue weighted by atomic mass is 32.1. The molecule has 0 spiro atoms. The zero-order chi connectivity index (χ0) is 22.7. The van der Waals surface area contributed by atoms with Gasteiger partial charge in [0.15, 0.2) is 0 Å². The molecule has 4 rings (SSSR count).